The van der Waals surface area contributed by atoms with Crippen molar-refractivity contribution in [1.29, 1.82) is 0 Å². The lowest BCUT2D eigenvalue weighted by Gasteiger charge is -2.36. The maximum Gasteiger partial charge on any atom is 0.325 e. The lowest BCUT2D eigenvalue weighted by molar-refractivity contribution is -0.147. The number of anilines is 2. The van der Waals surface area contributed by atoms with Crippen LogP contribution in [-0.4, -0.2) is 31.3 Å². The number of hydrogen-bond donors (Lipinski definition) is 1. The number of carbonyl (C=O) groups is 1. The highest BCUT2D eigenvalue weighted by molar-refractivity contribution is 5.82. The molecule has 1 atom stereocenters. The van der Waals surface area contributed by atoms with E-state index in [1.807, 2.05) is 23.1 Å². The topological polar surface area (TPSA) is 64.8 Å². The molecule has 0 bridgehead atoms. The van der Waals surface area contributed by atoms with Gasteiger partial charge in [-0.2, -0.15) is 0 Å². The van der Waals surface area contributed by atoms with Gasteiger partial charge in [0.1, 0.15) is 30.2 Å². The molecule has 0 radical (unpaired) electrons. The molecule has 0 aromatic heterocycles. The first kappa shape index (κ1) is 15.0. The number of esters is 1. The van der Waals surface area contributed by atoms with E-state index in [2.05, 4.69) is 6.92 Å². The zero-order chi connectivity index (χ0) is 15.5. The highest BCUT2D eigenvalue weighted by atomic mass is 16.5. The first-order valence-corrected chi connectivity index (χ1v) is 8.17. The van der Waals surface area contributed by atoms with Crippen molar-refractivity contribution in [2.24, 2.45) is 0 Å². The van der Waals surface area contributed by atoms with E-state index in [9.17, 15) is 4.79 Å². The van der Waals surface area contributed by atoms with Crippen molar-refractivity contribution in [3.63, 3.8) is 0 Å². The minimum absolute atomic E-state index is 0.0774. The lowest BCUT2D eigenvalue weighted by atomic mass is 10.1. The van der Waals surface area contributed by atoms with Crippen molar-refractivity contribution in [2.75, 3.05) is 23.7 Å². The van der Waals surface area contributed by atoms with Crippen molar-refractivity contribution in [3.05, 3.63) is 18.2 Å². The normalized spacial score (nSPS) is 21.3. The fraction of sp³-hybridized carbons (Fsp3) is 0.588. The maximum atomic E-state index is 12.2. The van der Waals surface area contributed by atoms with Gasteiger partial charge in [0.25, 0.3) is 0 Å². The molecule has 2 N–H and O–H groups in total. The van der Waals surface area contributed by atoms with Gasteiger partial charge in [0, 0.05) is 0 Å². The van der Waals surface area contributed by atoms with Gasteiger partial charge in [-0.3, -0.25) is 4.79 Å². The molecular formula is C17H24N2O3. The van der Waals surface area contributed by atoms with E-state index in [-0.39, 0.29) is 24.7 Å². The SMILES string of the molecule is CCC1CN(CC(=O)OC2CCCC2)c2c(N)cccc2O1. The molecule has 1 fully saturated rings. The molecule has 1 aliphatic heterocycles. The molecule has 0 amide bonds. The monoisotopic (exact) mass is 304 g/mol. The number of nitrogen functional groups attached to an aromatic ring is 1. The molecule has 1 aromatic carbocycles. The third kappa shape index (κ3) is 3.13. The number of rotatable bonds is 4. The summed E-state index contributed by atoms with van der Waals surface area (Å²) in [5.74, 6) is 0.588. The van der Waals surface area contributed by atoms with Crippen molar-refractivity contribution in [2.45, 2.75) is 51.2 Å². The zero-order valence-corrected chi connectivity index (χ0v) is 13.1. The highest BCUT2D eigenvalue weighted by Gasteiger charge is 2.29. The smallest absolute Gasteiger partial charge is 0.325 e. The quantitative estimate of drug-likeness (QED) is 0.684. The number of carbonyl (C=O) groups excluding carboxylic acids is 1. The van der Waals surface area contributed by atoms with E-state index in [4.69, 9.17) is 15.2 Å². The largest absolute Gasteiger partial charge is 0.486 e. The van der Waals surface area contributed by atoms with E-state index >= 15 is 0 Å². The fourth-order valence-electron chi connectivity index (χ4n) is 3.27. The summed E-state index contributed by atoms with van der Waals surface area (Å²) < 4.78 is 11.5. The molecule has 22 heavy (non-hydrogen) atoms. The average molecular weight is 304 g/mol. The molecule has 3 rings (SSSR count). The molecule has 120 valence electrons. The molecule has 1 saturated carbocycles. The van der Waals surface area contributed by atoms with E-state index in [0.717, 1.165) is 43.5 Å². The van der Waals surface area contributed by atoms with Gasteiger partial charge in [0.05, 0.1) is 12.2 Å². The van der Waals surface area contributed by atoms with Crippen LogP contribution in [0.4, 0.5) is 11.4 Å². The molecular weight excluding hydrogens is 280 g/mol. The Labute approximate surface area is 131 Å². The molecule has 1 aliphatic carbocycles. The van der Waals surface area contributed by atoms with Crippen molar-refractivity contribution in [3.8, 4) is 5.75 Å². The Morgan fingerprint density at radius 2 is 2.18 bits per heavy atom. The second kappa shape index (κ2) is 6.46. The molecule has 2 aliphatic rings. The number of nitrogens with zero attached hydrogens (tertiary/aromatic N) is 1. The number of benzene rings is 1. The predicted octanol–water partition coefficient (Wildman–Crippen LogP) is 2.73. The minimum atomic E-state index is -0.169. The summed E-state index contributed by atoms with van der Waals surface area (Å²) in [4.78, 5) is 14.2. The van der Waals surface area contributed by atoms with Gasteiger partial charge in [0.15, 0.2) is 0 Å². The van der Waals surface area contributed by atoms with Gasteiger partial charge < -0.3 is 20.1 Å². The number of fused-ring (bicyclic) bond motifs is 1. The fourth-order valence-corrected chi connectivity index (χ4v) is 3.27. The molecule has 5 nitrogen and oxygen atoms in total. The van der Waals surface area contributed by atoms with Crippen LogP contribution in [0, 0.1) is 0 Å². The van der Waals surface area contributed by atoms with Crippen molar-refractivity contribution in [1.82, 2.24) is 0 Å². The van der Waals surface area contributed by atoms with Crippen LogP contribution in [0.25, 0.3) is 0 Å². The van der Waals surface area contributed by atoms with E-state index in [0.29, 0.717) is 12.2 Å². The molecule has 1 unspecified atom stereocenters. The van der Waals surface area contributed by atoms with E-state index in [1.54, 1.807) is 0 Å². The lowest BCUT2D eigenvalue weighted by Crippen LogP contribution is -2.43. The standard InChI is InChI=1S/C17H24N2O3/c1-2-12-10-19(11-16(20)22-13-6-3-4-7-13)17-14(18)8-5-9-15(17)21-12/h5,8-9,12-13H,2-4,6-7,10-11,18H2,1H3. The number of ether oxygens (including phenoxy) is 2. The average Bonchev–Trinajstić information content (AvgIpc) is 2.99. The summed E-state index contributed by atoms with van der Waals surface area (Å²) in [7, 11) is 0. The van der Waals surface area contributed by atoms with Gasteiger partial charge in [0.2, 0.25) is 0 Å². The number of nitrogens with two attached hydrogens (primary N) is 1. The molecule has 5 heteroatoms. The molecule has 1 heterocycles. The maximum absolute atomic E-state index is 12.2. The second-order valence-corrected chi connectivity index (χ2v) is 6.12. The van der Waals surface area contributed by atoms with E-state index < -0.39 is 0 Å². The van der Waals surface area contributed by atoms with Crippen LogP contribution >= 0.6 is 0 Å². The number of hydrogen-bond acceptors (Lipinski definition) is 5. The third-order valence-electron chi connectivity index (χ3n) is 4.44. The summed E-state index contributed by atoms with van der Waals surface area (Å²) in [5.41, 5.74) is 7.54. The Bertz CT molecular complexity index is 541. The van der Waals surface area contributed by atoms with Crippen LogP contribution in [0.15, 0.2) is 18.2 Å². The van der Waals surface area contributed by atoms with Crippen LogP contribution in [0.1, 0.15) is 39.0 Å². The van der Waals surface area contributed by atoms with E-state index in [1.165, 1.54) is 0 Å². The van der Waals surface area contributed by atoms with Crippen LogP contribution in [0.3, 0.4) is 0 Å². The van der Waals surface area contributed by atoms with Crippen LogP contribution < -0.4 is 15.4 Å². The Morgan fingerprint density at radius 1 is 1.41 bits per heavy atom. The summed E-state index contributed by atoms with van der Waals surface area (Å²) in [5, 5.41) is 0. The summed E-state index contributed by atoms with van der Waals surface area (Å²) in [6.07, 6.45) is 5.36. The Morgan fingerprint density at radius 3 is 2.91 bits per heavy atom. The third-order valence-corrected chi connectivity index (χ3v) is 4.44. The first-order valence-electron chi connectivity index (χ1n) is 8.17. The van der Waals surface area contributed by atoms with Crippen molar-refractivity contribution >= 4 is 17.3 Å². The van der Waals surface area contributed by atoms with Gasteiger partial charge in [-0.15, -0.1) is 0 Å². The zero-order valence-electron chi connectivity index (χ0n) is 13.1. The second-order valence-electron chi connectivity index (χ2n) is 6.12. The van der Waals surface area contributed by atoms with Crippen LogP contribution in [-0.2, 0) is 9.53 Å². The molecule has 0 spiro atoms. The van der Waals surface area contributed by atoms with Gasteiger partial charge in [-0.1, -0.05) is 13.0 Å². The summed E-state index contributed by atoms with van der Waals surface area (Å²) in [6, 6.07) is 5.62. The van der Waals surface area contributed by atoms with Gasteiger partial charge >= 0.3 is 5.97 Å². The van der Waals surface area contributed by atoms with Crippen LogP contribution in [0.2, 0.25) is 0 Å². The highest BCUT2D eigenvalue weighted by Crippen LogP contribution is 2.38. The molecule has 1 aromatic rings. The first-order chi connectivity index (χ1) is 10.7. The summed E-state index contributed by atoms with van der Waals surface area (Å²) in [6.45, 7) is 2.98. The van der Waals surface area contributed by atoms with Crippen LogP contribution in [0.5, 0.6) is 5.75 Å². The minimum Gasteiger partial charge on any atom is -0.486 e. The van der Waals surface area contributed by atoms with Crippen molar-refractivity contribution < 1.29 is 14.3 Å². The van der Waals surface area contributed by atoms with Gasteiger partial charge in [-0.05, 0) is 44.2 Å². The predicted molar refractivity (Wildman–Crippen MR) is 86.1 cm³/mol. The Kier molecular flexibility index (Phi) is 4.41. The Hall–Kier alpha value is -1.91. The summed E-state index contributed by atoms with van der Waals surface area (Å²) >= 11 is 0. The number of para-hydroxylation sites is 1. The Balaban J connectivity index is 1.73. The molecule has 0 saturated heterocycles. The van der Waals surface area contributed by atoms with Gasteiger partial charge in [-0.25, -0.2) is 0 Å².